The van der Waals surface area contributed by atoms with Gasteiger partial charge in [0.15, 0.2) is 0 Å². The van der Waals surface area contributed by atoms with Crippen molar-refractivity contribution in [1.82, 2.24) is 10.2 Å². The summed E-state index contributed by atoms with van der Waals surface area (Å²) in [6, 6.07) is 16.5. The van der Waals surface area contributed by atoms with E-state index in [2.05, 4.69) is 27.5 Å². The van der Waals surface area contributed by atoms with Crippen LogP contribution in [0, 0.1) is 24.5 Å². The Labute approximate surface area is 214 Å². The molecule has 1 heterocycles. The van der Waals surface area contributed by atoms with Gasteiger partial charge in [-0.2, -0.15) is 0 Å². The summed E-state index contributed by atoms with van der Waals surface area (Å²) in [7, 11) is 0. The molecule has 1 aliphatic carbocycles. The van der Waals surface area contributed by atoms with E-state index >= 15 is 0 Å². The monoisotopic (exact) mass is 509 g/mol. The molecule has 0 radical (unpaired) electrons. The zero-order chi connectivity index (χ0) is 25.5. The van der Waals surface area contributed by atoms with Crippen molar-refractivity contribution in [2.24, 2.45) is 0 Å². The van der Waals surface area contributed by atoms with Gasteiger partial charge in [-0.15, -0.1) is 0 Å². The van der Waals surface area contributed by atoms with Crippen molar-refractivity contribution in [2.45, 2.75) is 44.8 Å². The Morgan fingerprint density at radius 3 is 2.83 bits per heavy atom. The van der Waals surface area contributed by atoms with Crippen LogP contribution in [0.25, 0.3) is 0 Å². The molecule has 5 N–H and O–H groups in total. The fourth-order valence-corrected chi connectivity index (χ4v) is 5.02. The Bertz CT molecular complexity index is 1150. The number of allylic oxidation sites excluding steroid dienone is 1. The van der Waals surface area contributed by atoms with Gasteiger partial charge in [-0.1, -0.05) is 24.3 Å². The molecule has 4 rings (SSSR count). The van der Waals surface area contributed by atoms with E-state index in [-0.39, 0.29) is 17.9 Å². The van der Waals surface area contributed by atoms with Crippen LogP contribution in [-0.2, 0) is 20.8 Å². The highest BCUT2D eigenvalue weighted by Gasteiger charge is 2.30. The molecule has 2 atom stereocenters. The van der Waals surface area contributed by atoms with Crippen LogP contribution in [0.2, 0.25) is 0 Å². The van der Waals surface area contributed by atoms with Crippen molar-refractivity contribution < 1.29 is 18.3 Å². The molecule has 2 fully saturated rings. The molecule has 2 aromatic carbocycles. The van der Waals surface area contributed by atoms with Gasteiger partial charge in [-0.3, -0.25) is 14.1 Å². The highest BCUT2D eigenvalue weighted by Crippen LogP contribution is 2.29. The number of ether oxygens (including phenoxy) is 1. The largest absolute Gasteiger partial charge is 0.483 e. The minimum absolute atomic E-state index is 0.0723. The van der Waals surface area contributed by atoms with Gasteiger partial charge >= 0.3 is 0 Å². The molecule has 190 valence electrons. The van der Waals surface area contributed by atoms with E-state index in [0.29, 0.717) is 36.7 Å². The molecule has 0 bridgehead atoms. The molecule has 1 saturated carbocycles. The number of piperazine rings is 1. The first-order chi connectivity index (χ1) is 17.4. The molecule has 2 aliphatic rings. The van der Waals surface area contributed by atoms with E-state index in [4.69, 9.17) is 10.1 Å². The third-order valence-corrected chi connectivity index (χ3v) is 6.73. The number of nitrogens with zero attached hydrogens (tertiary/aromatic N) is 1. The number of anilines is 2. The second kappa shape index (κ2) is 12.0. The van der Waals surface area contributed by atoms with Crippen molar-refractivity contribution in [3.05, 3.63) is 71.1 Å². The number of carbonyl (C=O) groups is 1. The number of nitrogens with one attached hydrogen (secondary N) is 4. The summed E-state index contributed by atoms with van der Waals surface area (Å²) in [4.78, 5) is 15.4. The maximum Gasteiger partial charge on any atom is 0.293 e. The average molecular weight is 510 g/mol. The summed E-state index contributed by atoms with van der Waals surface area (Å²) in [5, 5.41) is 14.5. The molecular weight excluding hydrogens is 478 g/mol. The Hall–Kier alpha value is -3.39. The molecule has 0 spiro atoms. The zero-order valence-corrected chi connectivity index (χ0v) is 21.0. The van der Waals surface area contributed by atoms with E-state index in [0.717, 1.165) is 36.8 Å². The molecule has 1 aliphatic heterocycles. The Morgan fingerprint density at radius 1 is 1.33 bits per heavy atom. The lowest BCUT2D eigenvalue weighted by Crippen LogP contribution is -2.46. The topological polar surface area (TPSA) is 127 Å². The second-order valence-corrected chi connectivity index (χ2v) is 9.65. The van der Waals surface area contributed by atoms with Gasteiger partial charge in [-0.05, 0) is 68.0 Å². The molecule has 2 unspecified atom stereocenters. The number of carbonyl (C=O) groups excluding carboxylic acids is 1. The van der Waals surface area contributed by atoms with E-state index < -0.39 is 17.2 Å². The SMILES string of the molecule is Cc1cc#cc(NC(=O)/C(OC2CCCC2)=C(\C=N)N2CCNC(c3ccccc3NS(=O)O)C2)c1. The van der Waals surface area contributed by atoms with Crippen LogP contribution in [-0.4, -0.2) is 51.5 Å². The van der Waals surface area contributed by atoms with Crippen LogP contribution >= 0.6 is 0 Å². The molecule has 1 amide bonds. The predicted octanol–water partition coefficient (Wildman–Crippen LogP) is 3.55. The van der Waals surface area contributed by atoms with Crippen molar-refractivity contribution in [2.75, 3.05) is 29.7 Å². The number of para-hydroxylation sites is 1. The summed E-state index contributed by atoms with van der Waals surface area (Å²) < 4.78 is 29.5. The number of aryl methyl sites for hydroxylation is 1. The van der Waals surface area contributed by atoms with E-state index in [1.165, 1.54) is 6.21 Å². The van der Waals surface area contributed by atoms with Crippen LogP contribution in [0.1, 0.15) is 42.9 Å². The smallest absolute Gasteiger partial charge is 0.293 e. The lowest BCUT2D eigenvalue weighted by molar-refractivity contribution is -0.117. The Kier molecular flexibility index (Phi) is 8.59. The fraction of sp³-hybridized carbons (Fsp3) is 0.385. The average Bonchev–Trinajstić information content (AvgIpc) is 3.37. The molecular formula is C26H31N5O4S. The molecule has 36 heavy (non-hydrogen) atoms. The fourth-order valence-electron chi connectivity index (χ4n) is 4.65. The van der Waals surface area contributed by atoms with Gasteiger partial charge in [0.25, 0.3) is 17.2 Å². The first kappa shape index (κ1) is 25.7. The van der Waals surface area contributed by atoms with Gasteiger partial charge in [-0.25, -0.2) is 4.21 Å². The number of benzene rings is 1. The van der Waals surface area contributed by atoms with Crippen LogP contribution in [0.5, 0.6) is 0 Å². The van der Waals surface area contributed by atoms with Crippen molar-refractivity contribution >= 4 is 34.8 Å². The maximum absolute atomic E-state index is 13.4. The predicted molar refractivity (Wildman–Crippen MR) is 140 cm³/mol. The van der Waals surface area contributed by atoms with Gasteiger partial charge in [0.05, 0.1) is 23.5 Å². The molecule has 10 heteroatoms. The lowest BCUT2D eigenvalue weighted by atomic mass is 10.0. The zero-order valence-electron chi connectivity index (χ0n) is 20.2. The van der Waals surface area contributed by atoms with Gasteiger partial charge in [0.1, 0.15) is 5.70 Å². The number of hydrogen-bond donors (Lipinski definition) is 5. The van der Waals surface area contributed by atoms with Crippen LogP contribution in [0.4, 0.5) is 11.4 Å². The second-order valence-electron chi connectivity index (χ2n) is 8.94. The minimum atomic E-state index is -2.20. The minimum Gasteiger partial charge on any atom is -0.483 e. The van der Waals surface area contributed by atoms with E-state index in [1.54, 1.807) is 18.2 Å². The summed E-state index contributed by atoms with van der Waals surface area (Å²) in [5.74, 6) is -0.307. The van der Waals surface area contributed by atoms with Crippen LogP contribution in [0.3, 0.4) is 0 Å². The molecule has 0 aromatic heterocycles. The van der Waals surface area contributed by atoms with Crippen molar-refractivity contribution in [3.8, 4) is 0 Å². The third-order valence-electron chi connectivity index (χ3n) is 6.34. The van der Waals surface area contributed by atoms with E-state index in [9.17, 15) is 13.6 Å². The van der Waals surface area contributed by atoms with E-state index in [1.807, 2.05) is 30.0 Å². The number of hydrogen-bond acceptors (Lipinski definition) is 6. The normalized spacial score (nSPS) is 19.6. The lowest BCUT2D eigenvalue weighted by Gasteiger charge is -2.37. The highest BCUT2D eigenvalue weighted by atomic mass is 32.2. The summed E-state index contributed by atoms with van der Waals surface area (Å²) in [5.41, 5.74) is 3.20. The molecule has 2 aromatic rings. The summed E-state index contributed by atoms with van der Waals surface area (Å²) in [6.07, 6.45) is 4.93. The highest BCUT2D eigenvalue weighted by molar-refractivity contribution is 7.80. The quantitative estimate of drug-likeness (QED) is 0.152. The van der Waals surface area contributed by atoms with Crippen LogP contribution < -0.4 is 15.4 Å². The van der Waals surface area contributed by atoms with Crippen LogP contribution in [0.15, 0.2) is 47.9 Å². The standard InChI is InChI=1S/C26H31N5O4S/c1-18-7-6-8-19(15-18)29-26(32)25(35-20-9-2-3-10-20)24(16-27)31-14-13-28-23(17-31)21-11-4-5-12-22(21)30-36(33)34/h4-5,7,11-12,15-16,20,23,27-28,30H,2-3,9-10,13-14,17H2,1H3,(H,29,32)(H,33,34)/b25-24-,27-16?. The first-order valence-electron chi connectivity index (χ1n) is 12.0. The van der Waals surface area contributed by atoms with Crippen molar-refractivity contribution in [1.29, 1.82) is 5.41 Å². The first-order valence-corrected chi connectivity index (χ1v) is 13.1. The summed E-state index contributed by atoms with van der Waals surface area (Å²) >= 11 is -2.20. The maximum atomic E-state index is 13.4. The van der Waals surface area contributed by atoms with Gasteiger partial charge in [0.2, 0.25) is 5.76 Å². The Balaban J connectivity index is 1.63. The third kappa shape index (κ3) is 6.43. The van der Waals surface area contributed by atoms with Gasteiger partial charge in [0, 0.05) is 25.8 Å². The number of amides is 1. The number of rotatable bonds is 9. The Morgan fingerprint density at radius 2 is 2.11 bits per heavy atom. The molecule has 9 nitrogen and oxygen atoms in total. The summed E-state index contributed by atoms with van der Waals surface area (Å²) in [6.45, 7) is 3.51. The van der Waals surface area contributed by atoms with Crippen molar-refractivity contribution in [3.63, 3.8) is 0 Å². The molecule has 1 saturated heterocycles. The van der Waals surface area contributed by atoms with Gasteiger partial charge < -0.3 is 25.7 Å².